The SMILES string of the molecule is C[C@@H](NC(=O)Nc1ccncc1)[C@H](O)c1ccc(F)cc1. The summed E-state index contributed by atoms with van der Waals surface area (Å²) in [5.41, 5.74) is 1.14. The molecule has 0 saturated carbocycles. The molecule has 0 fully saturated rings. The van der Waals surface area contributed by atoms with Crippen LogP contribution in [0.3, 0.4) is 0 Å². The summed E-state index contributed by atoms with van der Waals surface area (Å²) in [5, 5.41) is 15.4. The maximum Gasteiger partial charge on any atom is 0.319 e. The number of halogens is 1. The van der Waals surface area contributed by atoms with Crippen molar-refractivity contribution in [1.29, 1.82) is 0 Å². The van der Waals surface area contributed by atoms with Gasteiger partial charge in [0.2, 0.25) is 0 Å². The smallest absolute Gasteiger partial charge is 0.319 e. The van der Waals surface area contributed by atoms with Crippen LogP contribution in [0.2, 0.25) is 0 Å². The fraction of sp³-hybridized carbons (Fsp3) is 0.200. The van der Waals surface area contributed by atoms with Crippen LogP contribution in [0.4, 0.5) is 14.9 Å². The van der Waals surface area contributed by atoms with Gasteiger partial charge >= 0.3 is 6.03 Å². The third kappa shape index (κ3) is 4.25. The highest BCUT2D eigenvalue weighted by atomic mass is 19.1. The number of aliphatic hydroxyl groups is 1. The first kappa shape index (κ1) is 14.9. The highest BCUT2D eigenvalue weighted by Gasteiger charge is 2.18. The Balaban J connectivity index is 1.92. The molecule has 2 rings (SSSR count). The fourth-order valence-electron chi connectivity index (χ4n) is 1.84. The first-order chi connectivity index (χ1) is 10.1. The standard InChI is InChI=1S/C15H16FN3O2/c1-10(14(20)11-2-4-12(16)5-3-11)18-15(21)19-13-6-8-17-9-7-13/h2-10,14,20H,1H3,(H2,17,18,19,21)/t10-,14+/m1/s1. The molecule has 0 saturated heterocycles. The Morgan fingerprint density at radius 1 is 1.19 bits per heavy atom. The topological polar surface area (TPSA) is 74.2 Å². The van der Waals surface area contributed by atoms with Crippen LogP contribution in [-0.2, 0) is 0 Å². The quantitative estimate of drug-likeness (QED) is 0.809. The van der Waals surface area contributed by atoms with Crippen LogP contribution >= 0.6 is 0 Å². The maximum absolute atomic E-state index is 12.8. The lowest BCUT2D eigenvalue weighted by atomic mass is 10.0. The van der Waals surface area contributed by atoms with Crippen molar-refractivity contribution in [3.63, 3.8) is 0 Å². The number of aliphatic hydroxyl groups excluding tert-OH is 1. The van der Waals surface area contributed by atoms with E-state index in [0.717, 1.165) is 0 Å². The number of carbonyl (C=O) groups is 1. The van der Waals surface area contributed by atoms with E-state index in [9.17, 15) is 14.3 Å². The molecule has 2 atom stereocenters. The van der Waals surface area contributed by atoms with Crippen molar-refractivity contribution in [3.8, 4) is 0 Å². The number of rotatable bonds is 4. The minimum Gasteiger partial charge on any atom is -0.386 e. The molecule has 1 aromatic carbocycles. The molecule has 2 aromatic rings. The second-order valence-corrected chi connectivity index (χ2v) is 4.62. The van der Waals surface area contributed by atoms with E-state index in [1.54, 1.807) is 31.5 Å². The van der Waals surface area contributed by atoms with Gasteiger partial charge < -0.3 is 15.7 Å². The van der Waals surface area contributed by atoms with Crippen LogP contribution in [0.1, 0.15) is 18.6 Å². The van der Waals surface area contributed by atoms with E-state index in [0.29, 0.717) is 11.3 Å². The van der Waals surface area contributed by atoms with Gasteiger partial charge in [-0.1, -0.05) is 12.1 Å². The Bertz CT molecular complexity index is 590. The number of anilines is 1. The highest BCUT2D eigenvalue weighted by molar-refractivity contribution is 5.89. The van der Waals surface area contributed by atoms with Crippen molar-refractivity contribution < 1.29 is 14.3 Å². The Kier molecular flexibility index (Phi) is 4.84. The van der Waals surface area contributed by atoms with Crippen LogP contribution in [0.5, 0.6) is 0 Å². The molecule has 0 spiro atoms. The highest BCUT2D eigenvalue weighted by Crippen LogP contribution is 2.17. The molecule has 0 unspecified atom stereocenters. The minimum atomic E-state index is -0.922. The van der Waals surface area contributed by atoms with Gasteiger partial charge in [0.05, 0.1) is 12.1 Å². The molecule has 2 amide bonds. The van der Waals surface area contributed by atoms with E-state index < -0.39 is 18.2 Å². The number of nitrogens with zero attached hydrogens (tertiary/aromatic N) is 1. The second kappa shape index (κ2) is 6.81. The lowest BCUT2D eigenvalue weighted by Gasteiger charge is -2.20. The van der Waals surface area contributed by atoms with Crippen molar-refractivity contribution in [3.05, 3.63) is 60.2 Å². The lowest BCUT2D eigenvalue weighted by Crippen LogP contribution is -2.39. The molecule has 1 heterocycles. The number of urea groups is 1. The van der Waals surface area contributed by atoms with E-state index in [-0.39, 0.29) is 5.82 Å². The van der Waals surface area contributed by atoms with E-state index >= 15 is 0 Å². The molecule has 110 valence electrons. The third-order valence-electron chi connectivity index (χ3n) is 2.98. The monoisotopic (exact) mass is 289 g/mol. The summed E-state index contributed by atoms with van der Waals surface area (Å²) in [6.45, 7) is 1.67. The van der Waals surface area contributed by atoms with Crippen LogP contribution in [0.25, 0.3) is 0 Å². The van der Waals surface area contributed by atoms with Crippen molar-refractivity contribution in [2.24, 2.45) is 0 Å². The summed E-state index contributed by atoms with van der Waals surface area (Å²) in [5.74, 6) is -0.373. The molecule has 0 aliphatic heterocycles. The number of carbonyl (C=O) groups excluding carboxylic acids is 1. The van der Waals surface area contributed by atoms with Crippen LogP contribution in [0, 0.1) is 5.82 Å². The van der Waals surface area contributed by atoms with Crippen molar-refractivity contribution in [1.82, 2.24) is 10.3 Å². The molecule has 5 nitrogen and oxygen atoms in total. The summed E-state index contributed by atoms with van der Waals surface area (Å²) in [4.78, 5) is 15.6. The van der Waals surface area contributed by atoms with Gasteiger partial charge in [0.25, 0.3) is 0 Å². The van der Waals surface area contributed by atoms with Gasteiger partial charge in [-0.2, -0.15) is 0 Å². The number of pyridine rings is 1. The van der Waals surface area contributed by atoms with Crippen molar-refractivity contribution in [2.45, 2.75) is 19.1 Å². The van der Waals surface area contributed by atoms with Gasteiger partial charge in [0.15, 0.2) is 0 Å². The van der Waals surface area contributed by atoms with Gasteiger partial charge in [-0.05, 0) is 36.8 Å². The molecule has 0 aliphatic rings. The molecular formula is C15H16FN3O2. The van der Waals surface area contributed by atoms with Gasteiger partial charge in [-0.3, -0.25) is 4.98 Å². The molecule has 1 aromatic heterocycles. The summed E-state index contributed by atoms with van der Waals surface area (Å²) < 4.78 is 12.8. The fourth-order valence-corrected chi connectivity index (χ4v) is 1.84. The van der Waals surface area contributed by atoms with E-state index in [2.05, 4.69) is 15.6 Å². The molecule has 3 N–H and O–H groups in total. The van der Waals surface area contributed by atoms with Gasteiger partial charge in [-0.25, -0.2) is 9.18 Å². The normalized spacial score (nSPS) is 13.3. The zero-order valence-corrected chi connectivity index (χ0v) is 11.5. The molecular weight excluding hydrogens is 273 g/mol. The van der Waals surface area contributed by atoms with Crippen LogP contribution in [0.15, 0.2) is 48.8 Å². The summed E-state index contributed by atoms with van der Waals surface area (Å²) in [7, 11) is 0. The number of benzene rings is 1. The number of aromatic nitrogens is 1. The van der Waals surface area contributed by atoms with Crippen LogP contribution in [-0.4, -0.2) is 22.2 Å². The summed E-state index contributed by atoms with van der Waals surface area (Å²) in [6, 6.07) is 7.84. The predicted molar refractivity (Wildman–Crippen MR) is 77.2 cm³/mol. The average molecular weight is 289 g/mol. The zero-order valence-electron chi connectivity index (χ0n) is 11.5. The van der Waals surface area contributed by atoms with Gasteiger partial charge in [0.1, 0.15) is 5.82 Å². The number of nitrogens with one attached hydrogen (secondary N) is 2. The van der Waals surface area contributed by atoms with Crippen molar-refractivity contribution in [2.75, 3.05) is 5.32 Å². The van der Waals surface area contributed by atoms with E-state index in [1.165, 1.54) is 24.3 Å². The van der Waals surface area contributed by atoms with Gasteiger partial charge in [-0.15, -0.1) is 0 Å². The maximum atomic E-state index is 12.8. The Labute approximate surface area is 121 Å². The number of amides is 2. The Morgan fingerprint density at radius 3 is 2.43 bits per heavy atom. The average Bonchev–Trinajstić information content (AvgIpc) is 2.48. The second-order valence-electron chi connectivity index (χ2n) is 4.62. The van der Waals surface area contributed by atoms with Gasteiger partial charge in [0, 0.05) is 18.1 Å². The Morgan fingerprint density at radius 2 is 1.81 bits per heavy atom. The lowest BCUT2D eigenvalue weighted by molar-refractivity contribution is 0.139. The Hall–Kier alpha value is -2.47. The molecule has 6 heteroatoms. The molecule has 0 aliphatic carbocycles. The van der Waals surface area contributed by atoms with Crippen LogP contribution < -0.4 is 10.6 Å². The molecule has 0 bridgehead atoms. The summed E-state index contributed by atoms with van der Waals surface area (Å²) >= 11 is 0. The molecule has 0 radical (unpaired) electrons. The molecule has 21 heavy (non-hydrogen) atoms. The van der Waals surface area contributed by atoms with E-state index in [1.807, 2.05) is 0 Å². The largest absolute Gasteiger partial charge is 0.386 e. The third-order valence-corrected chi connectivity index (χ3v) is 2.98. The minimum absolute atomic E-state index is 0.373. The number of hydrogen-bond donors (Lipinski definition) is 3. The first-order valence-electron chi connectivity index (χ1n) is 6.47. The van der Waals surface area contributed by atoms with Crippen molar-refractivity contribution >= 4 is 11.7 Å². The summed E-state index contributed by atoms with van der Waals surface area (Å²) in [6.07, 6.45) is 2.20. The van der Waals surface area contributed by atoms with E-state index in [4.69, 9.17) is 0 Å². The number of hydrogen-bond acceptors (Lipinski definition) is 3. The first-order valence-corrected chi connectivity index (χ1v) is 6.47. The predicted octanol–water partition coefficient (Wildman–Crippen LogP) is 2.46. The zero-order chi connectivity index (χ0) is 15.2.